The van der Waals surface area contributed by atoms with Crippen LogP contribution in [0.3, 0.4) is 0 Å². The number of likely N-dealkylation sites (tertiary alicyclic amines) is 1. The van der Waals surface area contributed by atoms with Crippen LogP contribution in [-0.2, 0) is 6.54 Å². The first-order valence-electron chi connectivity index (χ1n) is 9.55. The van der Waals surface area contributed by atoms with Crippen molar-refractivity contribution in [2.24, 2.45) is 0 Å². The van der Waals surface area contributed by atoms with Gasteiger partial charge >= 0.3 is 0 Å². The molecule has 3 aromatic rings. The molecule has 1 N–H and O–H groups in total. The summed E-state index contributed by atoms with van der Waals surface area (Å²) >= 11 is 5.97. The molecule has 1 aliphatic rings. The molecule has 1 atom stereocenters. The summed E-state index contributed by atoms with van der Waals surface area (Å²) in [6.45, 7) is 3.78. The predicted octanol–water partition coefficient (Wildman–Crippen LogP) is 4.70. The molecule has 1 unspecified atom stereocenters. The first-order valence-corrected chi connectivity index (χ1v) is 9.93. The molecule has 3 aromatic heterocycles. The molecule has 0 spiro atoms. The van der Waals surface area contributed by atoms with Crippen molar-refractivity contribution in [3.05, 3.63) is 71.0 Å². The number of nitrogens with zero attached hydrogens (tertiary/aromatic N) is 5. The van der Waals surface area contributed by atoms with E-state index in [-0.39, 0.29) is 6.04 Å². The normalized spacial score (nSPS) is 17.4. The topological polar surface area (TPSA) is 66.8 Å². The summed E-state index contributed by atoms with van der Waals surface area (Å²) < 4.78 is 0. The zero-order valence-corrected chi connectivity index (χ0v) is 16.6. The van der Waals surface area contributed by atoms with Crippen LogP contribution in [-0.4, -0.2) is 31.4 Å². The maximum Gasteiger partial charge on any atom is 0.148 e. The van der Waals surface area contributed by atoms with Gasteiger partial charge in [-0.1, -0.05) is 24.1 Å². The highest BCUT2D eigenvalue weighted by Gasteiger charge is 2.27. The minimum Gasteiger partial charge on any atom is -0.325 e. The lowest BCUT2D eigenvalue weighted by Crippen LogP contribution is -2.34. The number of pyridine rings is 2. The highest BCUT2D eigenvalue weighted by atomic mass is 35.5. The fraction of sp³-hybridized carbons (Fsp3) is 0.333. The Balaban J connectivity index is 1.57. The molecule has 4 heterocycles. The van der Waals surface area contributed by atoms with Crippen LogP contribution in [0.1, 0.15) is 42.5 Å². The second-order valence-electron chi connectivity index (χ2n) is 7.04. The van der Waals surface area contributed by atoms with Crippen LogP contribution in [0.4, 0.5) is 11.6 Å². The smallest absolute Gasteiger partial charge is 0.148 e. The Morgan fingerprint density at radius 1 is 1.11 bits per heavy atom. The van der Waals surface area contributed by atoms with Gasteiger partial charge in [0.2, 0.25) is 0 Å². The molecular formula is C21H23ClN6. The van der Waals surface area contributed by atoms with Gasteiger partial charge in [-0.05, 0) is 50.6 Å². The van der Waals surface area contributed by atoms with Crippen molar-refractivity contribution >= 4 is 23.2 Å². The van der Waals surface area contributed by atoms with Gasteiger partial charge in [-0.2, -0.15) is 0 Å². The third-order valence-electron chi connectivity index (χ3n) is 4.86. The van der Waals surface area contributed by atoms with Crippen LogP contribution in [0.2, 0.25) is 5.02 Å². The second kappa shape index (κ2) is 8.63. The number of aromatic nitrogens is 4. The average Bonchev–Trinajstić information content (AvgIpc) is 2.70. The molecule has 0 radical (unpaired) electrons. The van der Waals surface area contributed by atoms with Crippen LogP contribution in [0, 0.1) is 6.92 Å². The van der Waals surface area contributed by atoms with Crippen molar-refractivity contribution in [1.29, 1.82) is 0 Å². The summed E-state index contributed by atoms with van der Waals surface area (Å²) in [5.74, 6) is 2.40. The Hall–Kier alpha value is -2.57. The summed E-state index contributed by atoms with van der Waals surface area (Å²) in [6.07, 6.45) is 6.86. The van der Waals surface area contributed by atoms with E-state index >= 15 is 0 Å². The van der Waals surface area contributed by atoms with Crippen LogP contribution in [0.5, 0.6) is 0 Å². The van der Waals surface area contributed by atoms with Crippen molar-refractivity contribution in [2.45, 2.75) is 38.8 Å². The molecule has 0 bridgehead atoms. The van der Waals surface area contributed by atoms with E-state index < -0.39 is 0 Å². The summed E-state index contributed by atoms with van der Waals surface area (Å²) in [5.41, 5.74) is 1.95. The number of anilines is 2. The maximum absolute atomic E-state index is 5.97. The van der Waals surface area contributed by atoms with E-state index in [2.05, 4.69) is 20.2 Å². The lowest BCUT2D eigenvalue weighted by Gasteiger charge is -2.34. The van der Waals surface area contributed by atoms with Gasteiger partial charge in [-0.25, -0.2) is 15.0 Å². The first kappa shape index (κ1) is 18.8. The Morgan fingerprint density at radius 3 is 2.82 bits per heavy atom. The molecule has 7 heteroatoms. The number of aryl methyl sites for hydroxylation is 1. The number of nitrogens with one attached hydrogen (secondary N) is 1. The Labute approximate surface area is 170 Å². The molecule has 0 aromatic carbocycles. The fourth-order valence-electron chi connectivity index (χ4n) is 3.55. The molecule has 6 nitrogen and oxygen atoms in total. The molecular weight excluding hydrogens is 372 g/mol. The average molecular weight is 395 g/mol. The third kappa shape index (κ3) is 4.64. The fourth-order valence-corrected chi connectivity index (χ4v) is 3.66. The molecule has 0 saturated carbocycles. The molecule has 1 saturated heterocycles. The van der Waals surface area contributed by atoms with E-state index in [0.29, 0.717) is 5.02 Å². The maximum atomic E-state index is 5.97. The largest absolute Gasteiger partial charge is 0.325 e. The lowest BCUT2D eigenvalue weighted by molar-refractivity contribution is 0.132. The van der Waals surface area contributed by atoms with E-state index in [1.165, 1.54) is 12.8 Å². The minimum absolute atomic E-state index is 0.176. The number of hydrogen-bond donors (Lipinski definition) is 1. The second-order valence-corrected chi connectivity index (χ2v) is 7.48. The monoisotopic (exact) mass is 394 g/mol. The minimum atomic E-state index is 0.176. The quantitative estimate of drug-likeness (QED) is 0.676. The van der Waals surface area contributed by atoms with Crippen LogP contribution in [0.15, 0.2) is 48.8 Å². The highest BCUT2D eigenvalue weighted by Crippen LogP contribution is 2.31. The lowest BCUT2D eigenvalue weighted by atomic mass is 10.0. The molecule has 0 aliphatic carbocycles. The first-order chi connectivity index (χ1) is 13.7. The molecule has 28 heavy (non-hydrogen) atoms. The number of halogens is 1. The van der Waals surface area contributed by atoms with Crippen LogP contribution in [0.25, 0.3) is 0 Å². The van der Waals surface area contributed by atoms with Gasteiger partial charge in [0, 0.05) is 30.7 Å². The van der Waals surface area contributed by atoms with E-state index in [0.717, 1.165) is 48.4 Å². The van der Waals surface area contributed by atoms with Gasteiger partial charge in [0.25, 0.3) is 0 Å². The Bertz CT molecular complexity index is 916. The summed E-state index contributed by atoms with van der Waals surface area (Å²) in [6, 6.07) is 11.8. The van der Waals surface area contributed by atoms with E-state index in [9.17, 15) is 0 Å². The van der Waals surface area contributed by atoms with Crippen molar-refractivity contribution in [3.63, 3.8) is 0 Å². The van der Waals surface area contributed by atoms with Gasteiger partial charge in [0.05, 0.1) is 16.8 Å². The summed E-state index contributed by atoms with van der Waals surface area (Å²) in [4.78, 5) is 20.8. The Kier molecular flexibility index (Phi) is 5.78. The number of hydrogen-bond acceptors (Lipinski definition) is 6. The van der Waals surface area contributed by atoms with E-state index in [4.69, 9.17) is 21.6 Å². The van der Waals surface area contributed by atoms with Crippen molar-refractivity contribution in [2.75, 3.05) is 11.9 Å². The van der Waals surface area contributed by atoms with E-state index in [1.54, 1.807) is 12.4 Å². The van der Waals surface area contributed by atoms with Gasteiger partial charge in [-0.3, -0.25) is 9.88 Å². The van der Waals surface area contributed by atoms with Gasteiger partial charge < -0.3 is 5.32 Å². The highest BCUT2D eigenvalue weighted by molar-refractivity contribution is 6.30. The number of rotatable bonds is 5. The van der Waals surface area contributed by atoms with Gasteiger partial charge in [0.1, 0.15) is 17.5 Å². The van der Waals surface area contributed by atoms with Crippen LogP contribution >= 0.6 is 11.6 Å². The van der Waals surface area contributed by atoms with Crippen molar-refractivity contribution in [1.82, 2.24) is 24.8 Å². The molecule has 1 fully saturated rings. The zero-order chi connectivity index (χ0) is 19.3. The van der Waals surface area contributed by atoms with Gasteiger partial charge in [-0.15, -0.1) is 0 Å². The predicted molar refractivity (Wildman–Crippen MR) is 111 cm³/mol. The van der Waals surface area contributed by atoms with Crippen molar-refractivity contribution < 1.29 is 0 Å². The summed E-state index contributed by atoms with van der Waals surface area (Å²) in [7, 11) is 0. The molecule has 1 aliphatic heterocycles. The van der Waals surface area contributed by atoms with E-state index in [1.807, 2.05) is 43.3 Å². The zero-order valence-electron chi connectivity index (χ0n) is 15.8. The van der Waals surface area contributed by atoms with Gasteiger partial charge in [0.15, 0.2) is 0 Å². The molecule has 0 amide bonds. The Morgan fingerprint density at radius 2 is 2.04 bits per heavy atom. The molecule has 4 rings (SSSR count). The van der Waals surface area contributed by atoms with Crippen LogP contribution < -0.4 is 5.32 Å². The molecule has 144 valence electrons. The SMILES string of the molecule is Cc1cc(Nc2ccccn2)nc(C2CCCCN2Cc2ccc(Cl)cn2)n1. The number of piperidine rings is 1. The third-order valence-corrected chi connectivity index (χ3v) is 5.08. The summed E-state index contributed by atoms with van der Waals surface area (Å²) in [5, 5.41) is 3.95. The standard InChI is InChI=1S/C21H23ClN6/c1-15-12-20(26-19-7-2-4-10-23-19)27-21(25-15)18-6-3-5-11-28(18)14-17-9-8-16(22)13-24-17/h2,4,7-10,12-13,18H,3,5-6,11,14H2,1H3,(H,23,25,26,27). The van der Waals surface area contributed by atoms with Crippen molar-refractivity contribution in [3.8, 4) is 0 Å².